The van der Waals surface area contributed by atoms with Gasteiger partial charge < -0.3 is 9.47 Å². The van der Waals surface area contributed by atoms with Gasteiger partial charge in [0.25, 0.3) is 0 Å². The Kier molecular flexibility index (Phi) is 5.52. The zero-order valence-corrected chi connectivity index (χ0v) is 12.7. The summed E-state index contributed by atoms with van der Waals surface area (Å²) in [4.78, 5) is 34.2. The molecule has 0 N–H and O–H groups in total. The number of alkyl halides is 3. The Hall–Kier alpha value is -2.38. The topological polar surface area (TPSA) is 69.7 Å². The van der Waals surface area contributed by atoms with Crippen molar-refractivity contribution in [3.63, 3.8) is 0 Å². The molecule has 0 fully saturated rings. The van der Waals surface area contributed by atoms with E-state index in [9.17, 15) is 27.6 Å². The van der Waals surface area contributed by atoms with Crippen LogP contribution in [0.4, 0.5) is 13.2 Å². The molecule has 0 spiro atoms. The fourth-order valence-electron chi connectivity index (χ4n) is 1.85. The summed E-state index contributed by atoms with van der Waals surface area (Å²) in [6.07, 6.45) is -4.53. The number of hydrogen-bond acceptors (Lipinski definition) is 5. The number of benzene rings is 1. The molecule has 0 aliphatic carbocycles. The maximum Gasteiger partial charge on any atom is 0.416 e. The summed E-state index contributed by atoms with van der Waals surface area (Å²) in [5.74, 6) is -2.29. The smallest absolute Gasteiger partial charge is 0.416 e. The van der Waals surface area contributed by atoms with E-state index in [-0.39, 0.29) is 5.56 Å². The van der Waals surface area contributed by atoms with E-state index in [4.69, 9.17) is 4.74 Å². The minimum absolute atomic E-state index is 0.0397. The number of Topliss-reactive ketones (excluding diaryl/α,β-unsaturated/α-hetero) is 1. The molecule has 5 nitrogen and oxygen atoms in total. The van der Waals surface area contributed by atoms with Crippen LogP contribution in [0.1, 0.15) is 31.9 Å². The second kappa shape index (κ2) is 6.80. The standard InChI is InChI=1S/C15H15F3O5/c1-9(19)22-8-13(21)14(3,23-10(2)20)11-4-6-12(7-5-11)15(16,17)18/h4-7H,8H2,1-3H3. The first-order chi connectivity index (χ1) is 10.5. The Bertz CT molecular complexity index is 607. The van der Waals surface area contributed by atoms with Gasteiger partial charge in [0.05, 0.1) is 5.56 Å². The Balaban J connectivity index is 3.17. The molecule has 0 saturated heterocycles. The van der Waals surface area contributed by atoms with Gasteiger partial charge in [-0.25, -0.2) is 0 Å². The van der Waals surface area contributed by atoms with E-state index in [1.165, 1.54) is 6.92 Å². The molecule has 1 atom stereocenters. The highest BCUT2D eigenvalue weighted by Crippen LogP contribution is 2.32. The van der Waals surface area contributed by atoms with E-state index >= 15 is 0 Å². The molecule has 23 heavy (non-hydrogen) atoms. The van der Waals surface area contributed by atoms with Crippen molar-refractivity contribution in [3.8, 4) is 0 Å². The van der Waals surface area contributed by atoms with Gasteiger partial charge in [0, 0.05) is 19.4 Å². The first-order valence-electron chi connectivity index (χ1n) is 6.51. The minimum atomic E-state index is -4.53. The van der Waals surface area contributed by atoms with E-state index in [0.29, 0.717) is 0 Å². The largest absolute Gasteiger partial charge is 0.458 e. The molecular formula is C15H15F3O5. The van der Waals surface area contributed by atoms with Crippen LogP contribution in [0.5, 0.6) is 0 Å². The average Bonchev–Trinajstić information content (AvgIpc) is 2.43. The molecule has 126 valence electrons. The lowest BCUT2D eigenvalue weighted by molar-refractivity contribution is -0.168. The van der Waals surface area contributed by atoms with Crippen molar-refractivity contribution >= 4 is 17.7 Å². The summed E-state index contributed by atoms with van der Waals surface area (Å²) in [5, 5.41) is 0. The second-order valence-corrected chi connectivity index (χ2v) is 4.91. The van der Waals surface area contributed by atoms with Crippen molar-refractivity contribution in [1.29, 1.82) is 0 Å². The SMILES string of the molecule is CC(=O)OCC(=O)C(C)(OC(C)=O)c1ccc(C(F)(F)F)cc1. The summed E-state index contributed by atoms with van der Waals surface area (Å²) in [5.41, 5.74) is -2.72. The third-order valence-corrected chi connectivity index (χ3v) is 3.05. The first kappa shape index (κ1) is 18.7. The van der Waals surface area contributed by atoms with E-state index in [0.717, 1.165) is 38.1 Å². The third-order valence-electron chi connectivity index (χ3n) is 3.05. The van der Waals surface area contributed by atoms with Gasteiger partial charge in [-0.2, -0.15) is 13.2 Å². The van der Waals surface area contributed by atoms with Gasteiger partial charge in [-0.3, -0.25) is 14.4 Å². The van der Waals surface area contributed by atoms with Crippen LogP contribution in [0.25, 0.3) is 0 Å². The molecule has 0 radical (unpaired) electrons. The zero-order chi connectivity index (χ0) is 17.8. The molecular weight excluding hydrogens is 317 g/mol. The molecule has 0 heterocycles. The van der Waals surface area contributed by atoms with E-state index in [2.05, 4.69) is 4.74 Å². The maximum absolute atomic E-state index is 12.6. The summed E-state index contributed by atoms with van der Waals surface area (Å²) in [7, 11) is 0. The molecule has 0 aliphatic rings. The molecule has 1 rings (SSSR count). The van der Waals surface area contributed by atoms with E-state index in [1.807, 2.05) is 0 Å². The van der Waals surface area contributed by atoms with Crippen LogP contribution in [-0.2, 0) is 35.6 Å². The van der Waals surface area contributed by atoms with Crippen LogP contribution < -0.4 is 0 Å². The molecule has 1 aromatic carbocycles. The normalized spacial score (nSPS) is 13.8. The third kappa shape index (κ3) is 4.80. The van der Waals surface area contributed by atoms with Gasteiger partial charge in [0.1, 0.15) is 0 Å². The van der Waals surface area contributed by atoms with E-state index in [1.54, 1.807) is 0 Å². The molecule has 0 aromatic heterocycles. The number of carbonyl (C=O) groups is 3. The summed E-state index contributed by atoms with van der Waals surface area (Å²) >= 11 is 0. The van der Waals surface area contributed by atoms with Crippen molar-refractivity contribution in [2.45, 2.75) is 32.5 Å². The molecule has 0 bridgehead atoms. The fourth-order valence-corrected chi connectivity index (χ4v) is 1.85. The first-order valence-corrected chi connectivity index (χ1v) is 6.51. The maximum atomic E-state index is 12.6. The fraction of sp³-hybridized carbons (Fsp3) is 0.400. The van der Waals surface area contributed by atoms with Crippen LogP contribution in [0.3, 0.4) is 0 Å². The highest BCUT2D eigenvalue weighted by atomic mass is 19.4. The number of halogens is 3. The quantitative estimate of drug-likeness (QED) is 0.775. The number of ether oxygens (including phenoxy) is 2. The molecule has 0 saturated carbocycles. The van der Waals surface area contributed by atoms with Crippen molar-refractivity contribution < 1.29 is 37.0 Å². The molecule has 8 heteroatoms. The van der Waals surface area contributed by atoms with Crippen LogP contribution in [0, 0.1) is 0 Å². The van der Waals surface area contributed by atoms with Gasteiger partial charge in [0.2, 0.25) is 5.78 Å². The van der Waals surface area contributed by atoms with Crippen molar-refractivity contribution in [2.75, 3.05) is 6.61 Å². The zero-order valence-electron chi connectivity index (χ0n) is 12.7. The number of ketones is 1. The average molecular weight is 332 g/mol. The summed E-state index contributed by atoms with van der Waals surface area (Å²) < 4.78 is 47.3. The number of hydrogen-bond donors (Lipinski definition) is 0. The van der Waals surface area contributed by atoms with E-state index < -0.39 is 41.7 Å². The van der Waals surface area contributed by atoms with Gasteiger partial charge in [-0.1, -0.05) is 12.1 Å². The molecule has 1 aromatic rings. The minimum Gasteiger partial charge on any atom is -0.458 e. The molecule has 0 aliphatic heterocycles. The number of esters is 2. The Morgan fingerprint density at radius 1 is 0.957 bits per heavy atom. The predicted octanol–water partition coefficient (Wildman–Crippen LogP) is 2.62. The lowest BCUT2D eigenvalue weighted by Crippen LogP contribution is -2.40. The summed E-state index contributed by atoms with van der Waals surface area (Å²) in [6.45, 7) is 2.71. The van der Waals surface area contributed by atoms with Crippen molar-refractivity contribution in [1.82, 2.24) is 0 Å². The van der Waals surface area contributed by atoms with Crippen molar-refractivity contribution in [2.24, 2.45) is 0 Å². The number of rotatable bonds is 5. The molecule has 1 unspecified atom stereocenters. The van der Waals surface area contributed by atoms with Gasteiger partial charge >= 0.3 is 18.1 Å². The predicted molar refractivity (Wildman–Crippen MR) is 72.2 cm³/mol. The van der Waals surface area contributed by atoms with Crippen LogP contribution in [0.2, 0.25) is 0 Å². The Morgan fingerprint density at radius 2 is 1.43 bits per heavy atom. The van der Waals surface area contributed by atoms with Gasteiger partial charge in [-0.15, -0.1) is 0 Å². The van der Waals surface area contributed by atoms with Crippen LogP contribution in [-0.4, -0.2) is 24.3 Å². The highest BCUT2D eigenvalue weighted by Gasteiger charge is 2.40. The lowest BCUT2D eigenvalue weighted by Gasteiger charge is -2.28. The second-order valence-electron chi connectivity index (χ2n) is 4.91. The van der Waals surface area contributed by atoms with Crippen molar-refractivity contribution in [3.05, 3.63) is 35.4 Å². The van der Waals surface area contributed by atoms with Gasteiger partial charge in [-0.05, 0) is 19.1 Å². The summed E-state index contributed by atoms with van der Waals surface area (Å²) in [6, 6.07) is 3.63. The molecule has 0 amide bonds. The van der Waals surface area contributed by atoms with Gasteiger partial charge in [0.15, 0.2) is 12.2 Å². The Morgan fingerprint density at radius 3 is 1.83 bits per heavy atom. The highest BCUT2D eigenvalue weighted by molar-refractivity contribution is 5.92. The monoisotopic (exact) mass is 332 g/mol. The Labute approximate surface area is 130 Å². The van der Waals surface area contributed by atoms with Crippen LogP contribution >= 0.6 is 0 Å². The number of carbonyl (C=O) groups excluding carboxylic acids is 3. The lowest BCUT2D eigenvalue weighted by atomic mass is 9.90. The van der Waals surface area contributed by atoms with Crippen LogP contribution in [0.15, 0.2) is 24.3 Å².